The van der Waals surface area contributed by atoms with E-state index in [1.807, 2.05) is 12.1 Å². The third-order valence-electron chi connectivity index (χ3n) is 2.16. The van der Waals surface area contributed by atoms with E-state index in [2.05, 4.69) is 43.4 Å². The van der Waals surface area contributed by atoms with Crippen LogP contribution in [0, 0.1) is 3.57 Å². The van der Waals surface area contributed by atoms with Gasteiger partial charge in [-0.1, -0.05) is 6.07 Å². The maximum atomic E-state index is 11.6. The number of hydrogen-bond acceptors (Lipinski definition) is 6. The number of tetrazole rings is 1. The number of anilines is 1. The van der Waals surface area contributed by atoms with Crippen molar-refractivity contribution in [3.8, 4) is 0 Å². The molecule has 1 aromatic heterocycles. The number of carbonyl (C=O) groups is 2. The average Bonchev–Trinajstić information content (AvgIpc) is 2.89. The molecule has 8 nitrogen and oxygen atoms in total. The van der Waals surface area contributed by atoms with Crippen molar-refractivity contribution in [2.24, 2.45) is 0 Å². The van der Waals surface area contributed by atoms with Crippen LogP contribution in [0.3, 0.4) is 0 Å². The Morgan fingerprint density at radius 2 is 2.25 bits per heavy atom. The molecule has 0 radical (unpaired) electrons. The first-order valence-electron chi connectivity index (χ1n) is 5.55. The summed E-state index contributed by atoms with van der Waals surface area (Å²) in [5, 5.41) is 12.9. The Morgan fingerprint density at radius 3 is 2.95 bits per heavy atom. The zero-order chi connectivity index (χ0) is 14.4. The highest BCUT2D eigenvalue weighted by Gasteiger charge is 2.09. The fraction of sp³-hybridized carbons (Fsp3) is 0.182. The number of benzene rings is 1. The second kappa shape index (κ2) is 6.93. The third kappa shape index (κ3) is 4.57. The molecule has 104 valence electrons. The van der Waals surface area contributed by atoms with E-state index >= 15 is 0 Å². The SMILES string of the molecule is O=C(COC(=O)Cn1cnnn1)Nc1cccc(I)c1. The molecule has 1 N–H and O–H groups in total. The van der Waals surface area contributed by atoms with Gasteiger partial charge in [0.15, 0.2) is 6.61 Å². The van der Waals surface area contributed by atoms with Gasteiger partial charge >= 0.3 is 5.97 Å². The molecule has 0 aliphatic heterocycles. The molecule has 0 spiro atoms. The smallest absolute Gasteiger partial charge is 0.328 e. The second-order valence-corrected chi connectivity index (χ2v) is 4.97. The van der Waals surface area contributed by atoms with Crippen LogP contribution in [0.1, 0.15) is 0 Å². The van der Waals surface area contributed by atoms with Crippen LogP contribution >= 0.6 is 22.6 Å². The summed E-state index contributed by atoms with van der Waals surface area (Å²) in [6.07, 6.45) is 1.28. The fourth-order valence-corrected chi connectivity index (χ4v) is 1.88. The molecule has 0 atom stereocenters. The molecule has 0 fully saturated rings. The molecule has 0 saturated heterocycles. The van der Waals surface area contributed by atoms with Gasteiger partial charge in [0.2, 0.25) is 0 Å². The molecule has 2 aromatic rings. The van der Waals surface area contributed by atoms with Gasteiger partial charge in [-0.05, 0) is 51.2 Å². The van der Waals surface area contributed by atoms with Gasteiger partial charge in [-0.25, -0.2) is 4.68 Å². The van der Waals surface area contributed by atoms with Crippen molar-refractivity contribution in [2.75, 3.05) is 11.9 Å². The average molecular weight is 387 g/mol. The number of esters is 1. The van der Waals surface area contributed by atoms with Gasteiger partial charge in [0, 0.05) is 9.26 Å². The minimum Gasteiger partial charge on any atom is -0.454 e. The first-order valence-corrected chi connectivity index (χ1v) is 6.63. The number of rotatable bonds is 5. The Balaban J connectivity index is 1.76. The lowest BCUT2D eigenvalue weighted by Gasteiger charge is -2.06. The zero-order valence-electron chi connectivity index (χ0n) is 10.2. The monoisotopic (exact) mass is 387 g/mol. The van der Waals surface area contributed by atoms with Crippen molar-refractivity contribution in [2.45, 2.75) is 6.54 Å². The molecule has 0 aliphatic rings. The maximum Gasteiger partial charge on any atom is 0.328 e. The van der Waals surface area contributed by atoms with Crippen molar-refractivity contribution in [3.63, 3.8) is 0 Å². The lowest BCUT2D eigenvalue weighted by molar-refractivity contribution is -0.148. The van der Waals surface area contributed by atoms with Crippen LogP contribution in [0.25, 0.3) is 0 Å². The fourth-order valence-electron chi connectivity index (χ4n) is 1.34. The summed E-state index contributed by atoms with van der Waals surface area (Å²) >= 11 is 2.14. The minimum absolute atomic E-state index is 0.135. The molecule has 0 unspecified atom stereocenters. The maximum absolute atomic E-state index is 11.6. The summed E-state index contributed by atoms with van der Waals surface area (Å²) in [7, 11) is 0. The highest BCUT2D eigenvalue weighted by atomic mass is 127. The normalized spacial score (nSPS) is 10.1. The first-order chi connectivity index (χ1) is 9.63. The van der Waals surface area contributed by atoms with Crippen LogP contribution in [-0.4, -0.2) is 38.7 Å². The van der Waals surface area contributed by atoms with Crippen molar-refractivity contribution in [1.82, 2.24) is 20.2 Å². The molecule has 1 amide bonds. The van der Waals surface area contributed by atoms with Crippen LogP contribution in [0.15, 0.2) is 30.6 Å². The van der Waals surface area contributed by atoms with Crippen molar-refractivity contribution in [3.05, 3.63) is 34.2 Å². The van der Waals surface area contributed by atoms with Gasteiger partial charge in [-0.3, -0.25) is 9.59 Å². The van der Waals surface area contributed by atoms with E-state index in [4.69, 9.17) is 4.74 Å². The van der Waals surface area contributed by atoms with Crippen molar-refractivity contribution >= 4 is 40.2 Å². The Bertz CT molecular complexity index is 602. The number of aromatic nitrogens is 4. The summed E-state index contributed by atoms with van der Waals surface area (Å²) in [6.45, 7) is -0.490. The number of ether oxygens (including phenoxy) is 1. The number of carbonyl (C=O) groups excluding carboxylic acids is 2. The van der Waals surface area contributed by atoms with Crippen LogP contribution < -0.4 is 5.32 Å². The number of nitrogens with one attached hydrogen (secondary N) is 1. The van der Waals surface area contributed by atoms with E-state index < -0.39 is 11.9 Å². The molecule has 0 bridgehead atoms. The summed E-state index contributed by atoms with van der Waals surface area (Å²) in [4.78, 5) is 23.0. The van der Waals surface area contributed by atoms with E-state index in [-0.39, 0.29) is 13.2 Å². The highest BCUT2D eigenvalue weighted by molar-refractivity contribution is 14.1. The molecule has 9 heteroatoms. The largest absolute Gasteiger partial charge is 0.454 e. The molecule has 0 aliphatic carbocycles. The topological polar surface area (TPSA) is 99.0 Å². The summed E-state index contributed by atoms with van der Waals surface area (Å²) < 4.78 is 7.01. The third-order valence-corrected chi connectivity index (χ3v) is 2.83. The lowest BCUT2D eigenvalue weighted by atomic mass is 10.3. The van der Waals surface area contributed by atoms with Gasteiger partial charge in [-0.15, -0.1) is 5.10 Å². The van der Waals surface area contributed by atoms with Crippen LogP contribution in [0.2, 0.25) is 0 Å². The Morgan fingerprint density at radius 1 is 1.40 bits per heavy atom. The molecular formula is C11H10IN5O3. The number of hydrogen-bond donors (Lipinski definition) is 1. The van der Waals surface area contributed by atoms with Gasteiger partial charge in [0.25, 0.3) is 5.91 Å². The predicted molar refractivity (Wildman–Crippen MR) is 76.6 cm³/mol. The molecule has 0 saturated carbocycles. The predicted octanol–water partition coefficient (Wildman–Crippen LogP) is 0.460. The first kappa shape index (κ1) is 14.4. The van der Waals surface area contributed by atoms with E-state index in [1.165, 1.54) is 11.0 Å². The van der Waals surface area contributed by atoms with Gasteiger partial charge in [-0.2, -0.15) is 0 Å². The summed E-state index contributed by atoms with van der Waals surface area (Å²) in [6, 6.07) is 7.29. The van der Waals surface area contributed by atoms with Crippen molar-refractivity contribution in [1.29, 1.82) is 0 Å². The molecule has 1 heterocycles. The second-order valence-electron chi connectivity index (χ2n) is 3.73. The number of nitrogens with zero attached hydrogens (tertiary/aromatic N) is 4. The summed E-state index contributed by atoms with van der Waals surface area (Å²) in [5.41, 5.74) is 0.651. The zero-order valence-corrected chi connectivity index (χ0v) is 12.4. The van der Waals surface area contributed by atoms with E-state index in [9.17, 15) is 9.59 Å². The quantitative estimate of drug-likeness (QED) is 0.591. The number of amides is 1. The van der Waals surface area contributed by atoms with Gasteiger partial charge < -0.3 is 10.1 Å². The highest BCUT2D eigenvalue weighted by Crippen LogP contribution is 2.12. The van der Waals surface area contributed by atoms with Crippen LogP contribution in [0.5, 0.6) is 0 Å². The van der Waals surface area contributed by atoms with E-state index in [1.54, 1.807) is 12.1 Å². The van der Waals surface area contributed by atoms with Crippen LogP contribution in [0.4, 0.5) is 5.69 Å². The Kier molecular flexibility index (Phi) is 4.98. The van der Waals surface area contributed by atoms with Gasteiger partial charge in [0.05, 0.1) is 0 Å². The molecule has 2 rings (SSSR count). The molecular weight excluding hydrogens is 377 g/mol. The molecule has 1 aromatic carbocycles. The lowest BCUT2D eigenvalue weighted by Crippen LogP contribution is -2.23. The standard InChI is InChI=1S/C11H10IN5O3/c12-8-2-1-3-9(4-8)14-10(18)6-20-11(19)5-17-7-13-15-16-17/h1-4,7H,5-6H2,(H,14,18). The van der Waals surface area contributed by atoms with E-state index in [0.717, 1.165) is 3.57 Å². The van der Waals surface area contributed by atoms with E-state index in [0.29, 0.717) is 5.69 Å². The van der Waals surface area contributed by atoms with Gasteiger partial charge in [0.1, 0.15) is 12.9 Å². The Hall–Kier alpha value is -2.04. The molecule has 20 heavy (non-hydrogen) atoms. The van der Waals surface area contributed by atoms with Crippen LogP contribution in [-0.2, 0) is 20.9 Å². The van der Waals surface area contributed by atoms with Crippen molar-refractivity contribution < 1.29 is 14.3 Å². The summed E-state index contributed by atoms with van der Waals surface area (Å²) in [5.74, 6) is -0.993. The number of halogens is 1. The minimum atomic E-state index is -0.588. The Labute approximate surface area is 127 Å².